The van der Waals surface area contributed by atoms with Crippen LogP contribution in [0, 0.1) is 13.8 Å². The quantitative estimate of drug-likeness (QED) is 0.788. The monoisotopic (exact) mass is 391 g/mol. The van der Waals surface area contributed by atoms with Crippen molar-refractivity contribution in [3.63, 3.8) is 0 Å². The summed E-state index contributed by atoms with van der Waals surface area (Å²) in [6.07, 6.45) is 0. The van der Waals surface area contributed by atoms with Gasteiger partial charge in [-0.2, -0.15) is 5.11 Å². The van der Waals surface area contributed by atoms with Crippen molar-refractivity contribution in [3.8, 4) is 0 Å². The molecular weight excluding hydrogens is 370 g/mol. The van der Waals surface area contributed by atoms with E-state index in [2.05, 4.69) is 15.7 Å². The first-order valence-corrected chi connectivity index (χ1v) is 9.39. The number of anilines is 1. The number of rotatable bonds is 5. The van der Waals surface area contributed by atoms with Crippen molar-refractivity contribution < 1.29 is 14.4 Å². The van der Waals surface area contributed by atoms with Gasteiger partial charge < -0.3 is 5.32 Å². The number of benzene rings is 2. The number of nitrogens with one attached hydrogen (secondary N) is 1. The number of carbonyl (C=O) groups is 3. The Labute approximate surface area is 168 Å². The van der Waals surface area contributed by atoms with Crippen molar-refractivity contribution in [1.82, 2.24) is 10.3 Å². The smallest absolute Gasteiger partial charge is 0.263 e. The lowest BCUT2D eigenvalue weighted by Gasteiger charge is -2.20. The third-order valence-electron chi connectivity index (χ3n) is 5.24. The van der Waals surface area contributed by atoms with E-state index in [1.54, 1.807) is 12.1 Å². The highest BCUT2D eigenvalue weighted by atomic mass is 16.2. The van der Waals surface area contributed by atoms with Gasteiger partial charge in [-0.15, -0.1) is 0 Å². The van der Waals surface area contributed by atoms with Gasteiger partial charge in [0.05, 0.1) is 5.69 Å². The maximum Gasteiger partial charge on any atom is 0.263 e. The molecule has 148 valence electrons. The van der Waals surface area contributed by atoms with E-state index in [1.807, 2.05) is 50.2 Å². The van der Waals surface area contributed by atoms with Crippen LogP contribution < -0.4 is 10.2 Å². The summed E-state index contributed by atoms with van der Waals surface area (Å²) in [6, 6.07) is 13.1. The van der Waals surface area contributed by atoms with Crippen molar-refractivity contribution in [2.24, 2.45) is 10.3 Å². The van der Waals surface area contributed by atoms with E-state index in [4.69, 9.17) is 0 Å². The van der Waals surface area contributed by atoms with E-state index >= 15 is 0 Å². The first-order valence-electron chi connectivity index (χ1n) is 9.39. The second-order valence-corrected chi connectivity index (χ2v) is 7.23. The molecule has 2 aliphatic rings. The molecule has 1 N–H and O–H groups in total. The Morgan fingerprint density at radius 3 is 2.52 bits per heavy atom. The van der Waals surface area contributed by atoms with E-state index in [-0.39, 0.29) is 12.5 Å². The second-order valence-electron chi connectivity index (χ2n) is 7.23. The zero-order chi connectivity index (χ0) is 20.5. The number of aryl methyl sites for hydroxylation is 2. The fraction of sp³-hybridized carbons (Fsp3) is 0.286. The molecule has 8 heteroatoms. The lowest BCUT2D eigenvalue weighted by molar-refractivity contribution is -0.125. The molecule has 0 bridgehead atoms. The Balaban J connectivity index is 1.45. The summed E-state index contributed by atoms with van der Waals surface area (Å²) in [7, 11) is 0. The number of imide groups is 1. The Hall–Kier alpha value is -3.55. The van der Waals surface area contributed by atoms with Gasteiger partial charge in [0.25, 0.3) is 11.8 Å². The summed E-state index contributed by atoms with van der Waals surface area (Å²) < 4.78 is 0. The van der Waals surface area contributed by atoms with Crippen LogP contribution in [0.25, 0.3) is 0 Å². The molecule has 0 aliphatic carbocycles. The zero-order valence-electron chi connectivity index (χ0n) is 16.2. The zero-order valence-corrected chi connectivity index (χ0v) is 16.2. The molecule has 1 fully saturated rings. The van der Waals surface area contributed by atoms with Crippen molar-refractivity contribution in [2.75, 3.05) is 11.4 Å². The number of nitrogens with zero attached hydrogens (tertiary/aromatic N) is 4. The van der Waals surface area contributed by atoms with Gasteiger partial charge in [0.15, 0.2) is 12.1 Å². The van der Waals surface area contributed by atoms with Crippen LogP contribution >= 0.6 is 0 Å². The molecule has 0 saturated carbocycles. The maximum atomic E-state index is 13.0. The van der Waals surface area contributed by atoms with E-state index in [9.17, 15) is 14.4 Å². The average Bonchev–Trinajstić information content (AvgIpc) is 3.23. The van der Waals surface area contributed by atoms with E-state index in [0.717, 1.165) is 21.6 Å². The van der Waals surface area contributed by atoms with Crippen LogP contribution in [-0.2, 0) is 20.9 Å². The molecule has 8 nitrogen and oxygen atoms in total. The molecule has 3 amide bonds. The van der Waals surface area contributed by atoms with Gasteiger partial charge in [0, 0.05) is 6.54 Å². The first kappa shape index (κ1) is 18.8. The molecule has 2 atom stereocenters. The van der Waals surface area contributed by atoms with Crippen LogP contribution in [0.4, 0.5) is 5.69 Å². The molecule has 0 unspecified atom stereocenters. The van der Waals surface area contributed by atoms with Gasteiger partial charge in [-0.1, -0.05) is 41.6 Å². The molecule has 0 aromatic heterocycles. The van der Waals surface area contributed by atoms with Crippen molar-refractivity contribution in [1.29, 1.82) is 0 Å². The molecule has 0 spiro atoms. The van der Waals surface area contributed by atoms with E-state index < -0.39 is 23.9 Å². The predicted octanol–water partition coefficient (Wildman–Crippen LogP) is 1.91. The number of amides is 3. The topological polar surface area (TPSA) is 94.4 Å². The van der Waals surface area contributed by atoms with Gasteiger partial charge in [0.1, 0.15) is 6.54 Å². The van der Waals surface area contributed by atoms with Crippen LogP contribution in [0.2, 0.25) is 0 Å². The van der Waals surface area contributed by atoms with Gasteiger partial charge >= 0.3 is 0 Å². The molecule has 1 saturated heterocycles. The summed E-state index contributed by atoms with van der Waals surface area (Å²) in [5, 5.41) is 12.0. The van der Waals surface area contributed by atoms with E-state index in [1.165, 1.54) is 5.01 Å². The SMILES string of the molecule is Cc1ccc(N2C(=O)[C@@H]3N=NN(CC(=O)NCc4ccccc4)[C@H]3C2=O)cc1C. The van der Waals surface area contributed by atoms with E-state index in [0.29, 0.717) is 12.2 Å². The molecule has 29 heavy (non-hydrogen) atoms. The lowest BCUT2D eigenvalue weighted by atomic mass is 10.1. The number of fused-ring (bicyclic) bond motifs is 1. The Bertz CT molecular complexity index is 1000. The second kappa shape index (κ2) is 7.46. The molecule has 2 heterocycles. The number of hydrogen-bond donors (Lipinski definition) is 1. The first-order chi connectivity index (χ1) is 14.0. The van der Waals surface area contributed by atoms with Gasteiger partial charge in [-0.05, 0) is 42.7 Å². The molecule has 2 aromatic carbocycles. The van der Waals surface area contributed by atoms with Crippen LogP contribution in [0.15, 0.2) is 58.9 Å². The van der Waals surface area contributed by atoms with Gasteiger partial charge in [0.2, 0.25) is 5.91 Å². The van der Waals surface area contributed by atoms with Gasteiger partial charge in [-0.25, -0.2) is 4.90 Å². The Morgan fingerprint density at radius 1 is 1.03 bits per heavy atom. The molecule has 2 aromatic rings. The van der Waals surface area contributed by atoms with Crippen molar-refractivity contribution in [2.45, 2.75) is 32.5 Å². The highest BCUT2D eigenvalue weighted by Crippen LogP contribution is 2.32. The molecule has 2 aliphatic heterocycles. The minimum absolute atomic E-state index is 0.142. The van der Waals surface area contributed by atoms with Gasteiger partial charge in [-0.3, -0.25) is 19.4 Å². The largest absolute Gasteiger partial charge is 0.350 e. The highest BCUT2D eigenvalue weighted by molar-refractivity contribution is 6.25. The molecular formula is C21H21N5O3. The summed E-state index contributed by atoms with van der Waals surface area (Å²) in [4.78, 5) is 39.2. The predicted molar refractivity (Wildman–Crippen MR) is 106 cm³/mol. The Kier molecular flexibility index (Phi) is 4.84. The summed E-state index contributed by atoms with van der Waals surface area (Å²) >= 11 is 0. The van der Waals surface area contributed by atoms with Crippen molar-refractivity contribution in [3.05, 3.63) is 65.2 Å². The van der Waals surface area contributed by atoms with Crippen LogP contribution in [0.1, 0.15) is 16.7 Å². The molecule has 4 rings (SSSR count). The Morgan fingerprint density at radius 2 is 1.79 bits per heavy atom. The highest BCUT2D eigenvalue weighted by Gasteiger charge is 2.55. The number of hydrogen-bond acceptors (Lipinski definition) is 6. The van der Waals surface area contributed by atoms with Crippen molar-refractivity contribution >= 4 is 23.4 Å². The maximum absolute atomic E-state index is 13.0. The van der Waals surface area contributed by atoms with Crippen LogP contribution in [-0.4, -0.2) is 41.4 Å². The third-order valence-corrected chi connectivity index (χ3v) is 5.24. The summed E-state index contributed by atoms with van der Waals surface area (Å²) in [5.41, 5.74) is 3.54. The number of carbonyl (C=O) groups excluding carboxylic acids is 3. The fourth-order valence-corrected chi connectivity index (χ4v) is 3.47. The summed E-state index contributed by atoms with van der Waals surface area (Å²) in [6.45, 7) is 4.12. The van der Waals surface area contributed by atoms with Crippen LogP contribution in [0.5, 0.6) is 0 Å². The standard InChI is InChI=1S/C21H21N5O3/c1-13-8-9-16(10-14(13)2)26-20(28)18-19(21(26)29)25(24-23-18)12-17(27)22-11-15-6-4-3-5-7-15/h3-10,18-19H,11-12H2,1-2H3,(H,22,27)/t18-,19-/m1/s1. The average molecular weight is 391 g/mol. The normalized spacial score (nSPS) is 20.3. The minimum Gasteiger partial charge on any atom is -0.350 e. The fourth-order valence-electron chi connectivity index (χ4n) is 3.47. The summed E-state index contributed by atoms with van der Waals surface area (Å²) in [5.74, 6) is -1.12. The van der Waals surface area contributed by atoms with Crippen LogP contribution in [0.3, 0.4) is 0 Å². The third kappa shape index (κ3) is 3.49. The molecule has 0 radical (unpaired) electrons. The minimum atomic E-state index is -0.911. The lowest BCUT2D eigenvalue weighted by Crippen LogP contribution is -2.44.